The summed E-state index contributed by atoms with van der Waals surface area (Å²) >= 11 is 0. The smallest absolute Gasteiger partial charge is 0.0929 e. The van der Waals surface area contributed by atoms with E-state index in [1.807, 2.05) is 19.3 Å². The number of hydrogen-bond acceptors (Lipinski definition) is 5. The lowest BCUT2D eigenvalue weighted by Crippen LogP contribution is -2.51. The SMILES string of the molecule is COC1(C(NN)c2cncc(C)c2)CCOCC1. The molecule has 2 rings (SSSR count). The van der Waals surface area contributed by atoms with E-state index in [4.69, 9.17) is 15.3 Å². The summed E-state index contributed by atoms with van der Waals surface area (Å²) in [5.74, 6) is 5.75. The Morgan fingerprint density at radius 3 is 2.72 bits per heavy atom. The number of nitrogens with one attached hydrogen (secondary N) is 1. The van der Waals surface area contributed by atoms with Gasteiger partial charge in [0.1, 0.15) is 0 Å². The van der Waals surface area contributed by atoms with Gasteiger partial charge in [0.05, 0.1) is 11.6 Å². The molecule has 0 spiro atoms. The molecule has 18 heavy (non-hydrogen) atoms. The summed E-state index contributed by atoms with van der Waals surface area (Å²) in [6, 6.07) is 2.02. The average molecular weight is 251 g/mol. The lowest BCUT2D eigenvalue weighted by atomic mass is 9.82. The molecule has 5 nitrogen and oxygen atoms in total. The third-order valence-corrected chi connectivity index (χ3v) is 3.67. The van der Waals surface area contributed by atoms with E-state index >= 15 is 0 Å². The highest BCUT2D eigenvalue weighted by Crippen LogP contribution is 2.36. The summed E-state index contributed by atoms with van der Waals surface area (Å²) in [7, 11) is 1.74. The second kappa shape index (κ2) is 5.75. The summed E-state index contributed by atoms with van der Waals surface area (Å²) in [4.78, 5) is 4.23. The third kappa shape index (κ3) is 2.54. The van der Waals surface area contributed by atoms with Gasteiger partial charge in [-0.05, 0) is 18.1 Å². The maximum atomic E-state index is 5.78. The van der Waals surface area contributed by atoms with Crippen LogP contribution in [-0.2, 0) is 9.47 Å². The number of aromatic nitrogens is 1. The van der Waals surface area contributed by atoms with Gasteiger partial charge in [-0.3, -0.25) is 16.3 Å². The second-order valence-electron chi connectivity index (χ2n) is 4.78. The molecule has 0 amide bonds. The molecule has 100 valence electrons. The fourth-order valence-corrected chi connectivity index (χ4v) is 2.62. The fourth-order valence-electron chi connectivity index (χ4n) is 2.62. The van der Waals surface area contributed by atoms with E-state index in [0.29, 0.717) is 13.2 Å². The van der Waals surface area contributed by atoms with Gasteiger partial charge in [-0.25, -0.2) is 0 Å². The van der Waals surface area contributed by atoms with Gasteiger partial charge in [-0.2, -0.15) is 0 Å². The Hall–Kier alpha value is -1.01. The fraction of sp³-hybridized carbons (Fsp3) is 0.615. The Labute approximate surface area is 108 Å². The number of methoxy groups -OCH3 is 1. The van der Waals surface area contributed by atoms with Crippen LogP contribution in [0, 0.1) is 6.92 Å². The monoisotopic (exact) mass is 251 g/mol. The van der Waals surface area contributed by atoms with Gasteiger partial charge < -0.3 is 9.47 Å². The quantitative estimate of drug-likeness (QED) is 0.619. The van der Waals surface area contributed by atoms with Crippen LogP contribution < -0.4 is 11.3 Å². The van der Waals surface area contributed by atoms with Crippen molar-refractivity contribution in [3.63, 3.8) is 0 Å². The first-order valence-corrected chi connectivity index (χ1v) is 6.22. The van der Waals surface area contributed by atoms with Gasteiger partial charge in [0, 0.05) is 45.6 Å². The van der Waals surface area contributed by atoms with Crippen molar-refractivity contribution in [2.45, 2.75) is 31.4 Å². The third-order valence-electron chi connectivity index (χ3n) is 3.67. The number of hydrazine groups is 1. The Bertz CT molecular complexity index is 392. The van der Waals surface area contributed by atoms with Gasteiger partial charge in [0.25, 0.3) is 0 Å². The molecular formula is C13H21N3O2. The summed E-state index contributed by atoms with van der Waals surface area (Å²) in [5.41, 5.74) is 4.74. The highest BCUT2D eigenvalue weighted by molar-refractivity contribution is 5.23. The molecule has 0 aromatic carbocycles. The molecule has 0 aliphatic carbocycles. The van der Waals surface area contributed by atoms with Crippen LogP contribution in [0.15, 0.2) is 18.5 Å². The molecule has 1 saturated heterocycles. The number of nitrogens with two attached hydrogens (primary N) is 1. The highest BCUT2D eigenvalue weighted by Gasteiger charge is 2.41. The lowest BCUT2D eigenvalue weighted by molar-refractivity contribution is -0.111. The van der Waals surface area contributed by atoms with Crippen LogP contribution >= 0.6 is 0 Å². The zero-order valence-corrected chi connectivity index (χ0v) is 11.0. The molecule has 1 aromatic heterocycles. The number of aryl methyl sites for hydroxylation is 1. The number of hydrogen-bond donors (Lipinski definition) is 2. The standard InChI is InChI=1S/C13H21N3O2/c1-10-7-11(9-15-8-10)12(16-14)13(17-2)3-5-18-6-4-13/h7-9,12,16H,3-6,14H2,1-2H3. The van der Waals surface area contributed by atoms with E-state index in [2.05, 4.69) is 16.5 Å². The molecule has 1 unspecified atom stereocenters. The predicted octanol–water partition coefficient (Wildman–Crippen LogP) is 1.09. The Morgan fingerprint density at radius 2 is 2.17 bits per heavy atom. The molecular weight excluding hydrogens is 230 g/mol. The van der Waals surface area contributed by atoms with Gasteiger partial charge >= 0.3 is 0 Å². The van der Waals surface area contributed by atoms with E-state index in [-0.39, 0.29) is 11.6 Å². The zero-order chi connectivity index (χ0) is 13.0. The van der Waals surface area contributed by atoms with Crippen molar-refractivity contribution in [1.29, 1.82) is 0 Å². The van der Waals surface area contributed by atoms with Crippen LogP contribution in [0.1, 0.15) is 30.0 Å². The van der Waals surface area contributed by atoms with Crippen LogP contribution in [0.3, 0.4) is 0 Å². The van der Waals surface area contributed by atoms with Crippen LogP contribution in [0.4, 0.5) is 0 Å². The number of rotatable bonds is 4. The molecule has 1 aliphatic heterocycles. The van der Waals surface area contributed by atoms with Crippen molar-refractivity contribution in [1.82, 2.24) is 10.4 Å². The van der Waals surface area contributed by atoms with E-state index < -0.39 is 0 Å². The van der Waals surface area contributed by atoms with Crippen molar-refractivity contribution in [2.75, 3.05) is 20.3 Å². The second-order valence-corrected chi connectivity index (χ2v) is 4.78. The topological polar surface area (TPSA) is 69.4 Å². The minimum Gasteiger partial charge on any atom is -0.381 e. The Morgan fingerprint density at radius 1 is 1.44 bits per heavy atom. The summed E-state index contributed by atoms with van der Waals surface area (Å²) in [5, 5.41) is 0. The maximum absolute atomic E-state index is 5.78. The summed E-state index contributed by atoms with van der Waals surface area (Å²) in [6.07, 6.45) is 5.33. The van der Waals surface area contributed by atoms with Gasteiger partial charge in [-0.15, -0.1) is 0 Å². The number of nitrogens with zero attached hydrogens (tertiary/aromatic N) is 1. The first-order chi connectivity index (χ1) is 8.72. The Kier molecular flexibility index (Phi) is 4.29. The zero-order valence-electron chi connectivity index (χ0n) is 11.0. The van der Waals surface area contributed by atoms with Gasteiger partial charge in [0.15, 0.2) is 0 Å². The number of ether oxygens (including phenoxy) is 2. The van der Waals surface area contributed by atoms with Crippen LogP contribution in [0.25, 0.3) is 0 Å². The molecule has 0 bridgehead atoms. The molecule has 1 atom stereocenters. The average Bonchev–Trinajstić information content (AvgIpc) is 2.41. The molecule has 0 saturated carbocycles. The lowest BCUT2D eigenvalue weighted by Gasteiger charge is -2.42. The van der Waals surface area contributed by atoms with Crippen molar-refractivity contribution >= 4 is 0 Å². The summed E-state index contributed by atoms with van der Waals surface area (Å²) < 4.78 is 11.2. The molecule has 5 heteroatoms. The minimum atomic E-state index is -0.317. The Balaban J connectivity index is 2.31. The van der Waals surface area contributed by atoms with Crippen molar-refractivity contribution < 1.29 is 9.47 Å². The van der Waals surface area contributed by atoms with Gasteiger partial charge in [-0.1, -0.05) is 6.07 Å². The largest absolute Gasteiger partial charge is 0.381 e. The summed E-state index contributed by atoms with van der Waals surface area (Å²) in [6.45, 7) is 3.42. The highest BCUT2D eigenvalue weighted by atomic mass is 16.5. The van der Waals surface area contributed by atoms with Crippen molar-refractivity contribution in [3.05, 3.63) is 29.6 Å². The van der Waals surface area contributed by atoms with E-state index in [0.717, 1.165) is 24.0 Å². The van der Waals surface area contributed by atoms with Crippen molar-refractivity contribution in [3.8, 4) is 0 Å². The molecule has 1 fully saturated rings. The van der Waals surface area contributed by atoms with Crippen LogP contribution in [-0.4, -0.2) is 30.9 Å². The molecule has 2 heterocycles. The van der Waals surface area contributed by atoms with E-state index in [9.17, 15) is 0 Å². The van der Waals surface area contributed by atoms with E-state index in [1.165, 1.54) is 0 Å². The normalized spacial score (nSPS) is 20.6. The molecule has 1 aliphatic rings. The molecule has 1 aromatic rings. The van der Waals surface area contributed by atoms with Crippen molar-refractivity contribution in [2.24, 2.45) is 5.84 Å². The van der Waals surface area contributed by atoms with E-state index in [1.54, 1.807) is 7.11 Å². The molecule has 0 radical (unpaired) electrons. The van der Waals surface area contributed by atoms with Crippen LogP contribution in [0.5, 0.6) is 0 Å². The van der Waals surface area contributed by atoms with Gasteiger partial charge in [0.2, 0.25) is 0 Å². The minimum absolute atomic E-state index is 0.0706. The maximum Gasteiger partial charge on any atom is 0.0929 e. The predicted molar refractivity (Wildman–Crippen MR) is 68.8 cm³/mol. The number of pyridine rings is 1. The van der Waals surface area contributed by atoms with Crippen LogP contribution in [0.2, 0.25) is 0 Å². The first kappa shape index (κ1) is 13.4. The molecule has 3 N–H and O–H groups in total. The first-order valence-electron chi connectivity index (χ1n) is 6.22.